The van der Waals surface area contributed by atoms with Crippen molar-refractivity contribution in [3.8, 4) is 0 Å². The smallest absolute Gasteiger partial charge is 0.00863 e. The van der Waals surface area contributed by atoms with Crippen LogP contribution in [0.5, 0.6) is 0 Å². The second-order valence-electron chi connectivity index (χ2n) is 6.57. The summed E-state index contributed by atoms with van der Waals surface area (Å²) in [6.45, 7) is 5.09. The number of rotatable bonds is 0. The lowest BCUT2D eigenvalue weighted by Gasteiger charge is -2.44. The van der Waals surface area contributed by atoms with Crippen molar-refractivity contribution in [1.82, 2.24) is 0 Å². The van der Waals surface area contributed by atoms with E-state index in [-0.39, 0.29) is 0 Å². The first kappa shape index (κ1) is 10.5. The standard InChI is InChI=1S/C14H24S/c1-14(2)9-5-8-12-13(14)10-6-3-4-7-11(10)15-12/h10-13H,3-9H2,1-2H3. The van der Waals surface area contributed by atoms with Gasteiger partial charge in [-0.1, -0.05) is 33.1 Å². The van der Waals surface area contributed by atoms with Crippen LogP contribution >= 0.6 is 11.8 Å². The predicted molar refractivity (Wildman–Crippen MR) is 68.2 cm³/mol. The van der Waals surface area contributed by atoms with Crippen LogP contribution in [-0.4, -0.2) is 10.5 Å². The van der Waals surface area contributed by atoms with E-state index in [0.29, 0.717) is 5.41 Å². The van der Waals surface area contributed by atoms with Gasteiger partial charge in [0.25, 0.3) is 0 Å². The zero-order valence-corrected chi connectivity index (χ0v) is 11.0. The van der Waals surface area contributed by atoms with Crippen LogP contribution in [0.4, 0.5) is 0 Å². The van der Waals surface area contributed by atoms with Gasteiger partial charge in [0.15, 0.2) is 0 Å². The van der Waals surface area contributed by atoms with Gasteiger partial charge in [0.05, 0.1) is 0 Å². The van der Waals surface area contributed by atoms with Gasteiger partial charge in [-0.3, -0.25) is 0 Å². The number of thioether (sulfide) groups is 1. The summed E-state index contributed by atoms with van der Waals surface area (Å²) in [6, 6.07) is 0. The highest BCUT2D eigenvalue weighted by Gasteiger charge is 2.51. The number of hydrogen-bond donors (Lipinski definition) is 0. The molecule has 0 aromatic carbocycles. The fraction of sp³-hybridized carbons (Fsp3) is 1.00. The zero-order valence-electron chi connectivity index (χ0n) is 10.2. The summed E-state index contributed by atoms with van der Waals surface area (Å²) < 4.78 is 0. The maximum Gasteiger partial charge on any atom is 0.00863 e. The average molecular weight is 224 g/mol. The minimum absolute atomic E-state index is 0.646. The Kier molecular flexibility index (Phi) is 2.58. The van der Waals surface area contributed by atoms with Crippen LogP contribution in [0.25, 0.3) is 0 Å². The van der Waals surface area contributed by atoms with Crippen LogP contribution in [0.15, 0.2) is 0 Å². The first-order valence-electron chi connectivity index (χ1n) is 6.84. The van der Waals surface area contributed by atoms with Crippen LogP contribution in [0.3, 0.4) is 0 Å². The second-order valence-corrected chi connectivity index (χ2v) is 8.05. The molecule has 86 valence electrons. The molecule has 0 N–H and O–H groups in total. The van der Waals surface area contributed by atoms with Gasteiger partial charge < -0.3 is 0 Å². The van der Waals surface area contributed by atoms with E-state index >= 15 is 0 Å². The van der Waals surface area contributed by atoms with Crippen molar-refractivity contribution in [3.63, 3.8) is 0 Å². The van der Waals surface area contributed by atoms with Crippen LogP contribution in [0.2, 0.25) is 0 Å². The molecule has 1 aliphatic heterocycles. The van der Waals surface area contributed by atoms with E-state index in [1.807, 2.05) is 0 Å². The molecule has 1 heteroatoms. The highest BCUT2D eigenvalue weighted by molar-refractivity contribution is 8.00. The Labute approximate surface area is 98.6 Å². The maximum atomic E-state index is 2.54. The zero-order chi connectivity index (χ0) is 10.5. The molecule has 0 bridgehead atoms. The average Bonchev–Trinajstić information content (AvgIpc) is 2.56. The molecule has 15 heavy (non-hydrogen) atoms. The van der Waals surface area contributed by atoms with E-state index in [1.54, 1.807) is 6.42 Å². The van der Waals surface area contributed by atoms with Crippen LogP contribution in [-0.2, 0) is 0 Å². The molecule has 3 aliphatic rings. The molecule has 0 amide bonds. The van der Waals surface area contributed by atoms with E-state index in [1.165, 1.54) is 38.5 Å². The van der Waals surface area contributed by atoms with Crippen molar-refractivity contribution < 1.29 is 0 Å². The van der Waals surface area contributed by atoms with Crippen molar-refractivity contribution in [3.05, 3.63) is 0 Å². The lowest BCUT2D eigenvalue weighted by Crippen LogP contribution is -2.39. The third-order valence-corrected chi connectivity index (χ3v) is 6.99. The molecular weight excluding hydrogens is 200 g/mol. The van der Waals surface area contributed by atoms with E-state index in [0.717, 1.165) is 22.3 Å². The van der Waals surface area contributed by atoms with Gasteiger partial charge in [-0.25, -0.2) is 0 Å². The maximum absolute atomic E-state index is 2.54. The highest BCUT2D eigenvalue weighted by Crippen LogP contribution is 2.60. The lowest BCUT2D eigenvalue weighted by atomic mass is 9.61. The number of fused-ring (bicyclic) bond motifs is 3. The minimum atomic E-state index is 0.646. The van der Waals surface area contributed by atoms with Gasteiger partial charge in [0.2, 0.25) is 0 Å². The Morgan fingerprint density at radius 3 is 2.53 bits per heavy atom. The van der Waals surface area contributed by atoms with Gasteiger partial charge in [-0.05, 0) is 42.9 Å². The first-order valence-corrected chi connectivity index (χ1v) is 7.78. The van der Waals surface area contributed by atoms with Gasteiger partial charge in [0, 0.05) is 10.5 Å². The summed E-state index contributed by atoms with van der Waals surface area (Å²) in [5.41, 5.74) is 0.646. The van der Waals surface area contributed by atoms with E-state index in [9.17, 15) is 0 Å². The highest BCUT2D eigenvalue weighted by atomic mass is 32.2. The second kappa shape index (κ2) is 3.68. The summed E-state index contributed by atoms with van der Waals surface area (Å²) in [6.07, 6.45) is 10.6. The minimum Gasteiger partial charge on any atom is -0.155 e. The van der Waals surface area contributed by atoms with Crippen LogP contribution < -0.4 is 0 Å². The van der Waals surface area contributed by atoms with Crippen LogP contribution in [0, 0.1) is 17.3 Å². The molecule has 1 saturated heterocycles. The molecule has 2 saturated carbocycles. The Balaban J connectivity index is 1.86. The van der Waals surface area contributed by atoms with Gasteiger partial charge in [0.1, 0.15) is 0 Å². The van der Waals surface area contributed by atoms with Gasteiger partial charge in [-0.2, -0.15) is 11.8 Å². The molecule has 4 unspecified atom stereocenters. The van der Waals surface area contributed by atoms with Gasteiger partial charge >= 0.3 is 0 Å². The van der Waals surface area contributed by atoms with Gasteiger partial charge in [-0.15, -0.1) is 0 Å². The van der Waals surface area contributed by atoms with E-state index < -0.39 is 0 Å². The summed E-state index contributed by atoms with van der Waals surface area (Å²) in [5.74, 6) is 2.14. The predicted octanol–water partition coefficient (Wildman–Crippen LogP) is 4.49. The molecule has 0 spiro atoms. The molecule has 3 rings (SSSR count). The molecule has 1 heterocycles. The molecule has 2 aliphatic carbocycles. The monoisotopic (exact) mass is 224 g/mol. The largest absolute Gasteiger partial charge is 0.155 e. The summed E-state index contributed by atoms with van der Waals surface area (Å²) in [4.78, 5) is 0. The van der Waals surface area contributed by atoms with Crippen molar-refractivity contribution in [1.29, 1.82) is 0 Å². The number of hydrogen-bond acceptors (Lipinski definition) is 1. The molecule has 0 aromatic heterocycles. The summed E-state index contributed by atoms with van der Waals surface area (Å²) in [7, 11) is 0. The SMILES string of the molecule is CC1(C)CCCC2SC3CCCCC3C21. The normalized spacial score (nSPS) is 48.4. The van der Waals surface area contributed by atoms with Crippen molar-refractivity contribution >= 4 is 11.8 Å². The molecular formula is C14H24S. The molecule has 0 aromatic rings. The third-order valence-electron chi connectivity index (χ3n) is 5.18. The van der Waals surface area contributed by atoms with E-state index in [2.05, 4.69) is 25.6 Å². The molecule has 4 atom stereocenters. The Bertz CT molecular complexity index is 246. The Morgan fingerprint density at radius 1 is 0.933 bits per heavy atom. The molecule has 0 radical (unpaired) electrons. The Hall–Kier alpha value is 0.350. The quantitative estimate of drug-likeness (QED) is 0.584. The fourth-order valence-electron chi connectivity index (χ4n) is 4.55. The van der Waals surface area contributed by atoms with Crippen molar-refractivity contribution in [2.45, 2.75) is 69.3 Å². The van der Waals surface area contributed by atoms with E-state index in [4.69, 9.17) is 0 Å². The first-order chi connectivity index (χ1) is 7.18. The molecule has 3 fully saturated rings. The summed E-state index contributed by atoms with van der Waals surface area (Å²) in [5, 5.41) is 2.08. The van der Waals surface area contributed by atoms with Crippen molar-refractivity contribution in [2.75, 3.05) is 0 Å². The molecule has 0 nitrogen and oxygen atoms in total. The lowest BCUT2D eigenvalue weighted by molar-refractivity contribution is 0.0846. The Morgan fingerprint density at radius 2 is 1.67 bits per heavy atom. The summed E-state index contributed by atoms with van der Waals surface area (Å²) >= 11 is 2.38. The topological polar surface area (TPSA) is 0 Å². The van der Waals surface area contributed by atoms with Crippen LogP contribution in [0.1, 0.15) is 58.8 Å². The third kappa shape index (κ3) is 1.66. The van der Waals surface area contributed by atoms with Crippen molar-refractivity contribution in [2.24, 2.45) is 17.3 Å². The fourth-order valence-corrected chi connectivity index (χ4v) is 6.85.